The van der Waals surface area contributed by atoms with Crippen LogP contribution in [0.5, 0.6) is 11.5 Å². The Morgan fingerprint density at radius 1 is 1.26 bits per heavy atom. The first kappa shape index (κ1) is 14.5. The molecule has 3 nitrogen and oxygen atoms in total. The Hall–Kier alpha value is -0.930. The molecule has 4 heteroatoms. The average Bonchev–Trinajstić information content (AvgIpc) is 2.44. The van der Waals surface area contributed by atoms with Crippen LogP contribution < -0.4 is 14.8 Å². The normalized spacial score (nSPS) is 17.1. The first-order chi connectivity index (χ1) is 9.11. The molecule has 2 unspecified atom stereocenters. The summed E-state index contributed by atoms with van der Waals surface area (Å²) in [4.78, 5) is 0. The minimum atomic E-state index is 0.483. The number of ether oxygens (including phenoxy) is 2. The van der Waals surface area contributed by atoms with Crippen LogP contribution in [0.4, 0.5) is 0 Å². The second kappa shape index (κ2) is 6.49. The van der Waals surface area contributed by atoms with Gasteiger partial charge in [-0.25, -0.2) is 0 Å². The van der Waals surface area contributed by atoms with Crippen LogP contribution in [0, 0.1) is 5.92 Å². The number of halogens is 1. The van der Waals surface area contributed by atoms with Crippen LogP contribution in [-0.4, -0.2) is 19.3 Å². The number of fused-ring (bicyclic) bond motifs is 1. The molecule has 0 amide bonds. The van der Waals surface area contributed by atoms with Crippen molar-refractivity contribution in [2.24, 2.45) is 5.92 Å². The Morgan fingerprint density at radius 3 is 2.74 bits per heavy atom. The summed E-state index contributed by atoms with van der Waals surface area (Å²) in [5.41, 5.74) is 1.13. The van der Waals surface area contributed by atoms with Crippen LogP contribution in [-0.2, 0) is 6.54 Å². The highest BCUT2D eigenvalue weighted by molar-refractivity contribution is 6.32. The van der Waals surface area contributed by atoms with Gasteiger partial charge in [0.15, 0.2) is 11.5 Å². The maximum atomic E-state index is 6.22. The van der Waals surface area contributed by atoms with Gasteiger partial charge in [0.2, 0.25) is 0 Å². The molecular weight excluding hydrogens is 262 g/mol. The van der Waals surface area contributed by atoms with Crippen LogP contribution in [0.25, 0.3) is 0 Å². The largest absolute Gasteiger partial charge is 0.486 e. The summed E-state index contributed by atoms with van der Waals surface area (Å²) in [7, 11) is 0. The Bertz CT molecular complexity index is 436. The van der Waals surface area contributed by atoms with Gasteiger partial charge in [-0.3, -0.25) is 0 Å². The molecule has 1 aliphatic heterocycles. The highest BCUT2D eigenvalue weighted by Gasteiger charge is 2.17. The fourth-order valence-corrected chi connectivity index (χ4v) is 2.39. The summed E-state index contributed by atoms with van der Waals surface area (Å²) in [6.07, 6.45) is 1.18. The van der Waals surface area contributed by atoms with Gasteiger partial charge in [0.25, 0.3) is 0 Å². The molecule has 1 aromatic carbocycles. The summed E-state index contributed by atoms with van der Waals surface area (Å²) in [6.45, 7) is 8.63. The number of rotatable bonds is 5. The SMILES string of the molecule is CCC(C)C(C)NCc1cc(Cl)c2c(c1)OCCO2. The number of benzene rings is 1. The maximum Gasteiger partial charge on any atom is 0.179 e. The molecule has 0 aliphatic carbocycles. The summed E-state index contributed by atoms with van der Waals surface area (Å²) < 4.78 is 11.1. The molecule has 2 atom stereocenters. The van der Waals surface area contributed by atoms with E-state index in [0.717, 1.165) is 17.9 Å². The molecule has 2 rings (SSSR count). The van der Waals surface area contributed by atoms with Gasteiger partial charge in [-0.15, -0.1) is 0 Å². The maximum absolute atomic E-state index is 6.22. The molecule has 0 spiro atoms. The number of nitrogens with one attached hydrogen (secondary N) is 1. The van der Waals surface area contributed by atoms with E-state index in [-0.39, 0.29) is 0 Å². The van der Waals surface area contributed by atoms with Gasteiger partial charge in [0.1, 0.15) is 13.2 Å². The van der Waals surface area contributed by atoms with Crippen LogP contribution in [0.1, 0.15) is 32.8 Å². The Balaban J connectivity index is 2.03. The van der Waals surface area contributed by atoms with E-state index in [1.165, 1.54) is 6.42 Å². The van der Waals surface area contributed by atoms with Crippen molar-refractivity contribution in [2.45, 2.75) is 39.8 Å². The van der Waals surface area contributed by atoms with Gasteiger partial charge < -0.3 is 14.8 Å². The molecule has 1 heterocycles. The molecule has 106 valence electrons. The molecular formula is C15H22ClNO2. The molecule has 0 saturated carbocycles. The minimum absolute atomic E-state index is 0.483. The van der Waals surface area contributed by atoms with E-state index >= 15 is 0 Å². The van der Waals surface area contributed by atoms with E-state index in [2.05, 4.69) is 26.1 Å². The molecule has 0 aromatic heterocycles. The summed E-state index contributed by atoms with van der Waals surface area (Å²) in [5, 5.41) is 4.16. The van der Waals surface area contributed by atoms with Crippen molar-refractivity contribution in [1.82, 2.24) is 5.32 Å². The van der Waals surface area contributed by atoms with E-state index in [1.807, 2.05) is 12.1 Å². The molecule has 0 bridgehead atoms. The van der Waals surface area contributed by atoms with Crippen LogP contribution in [0.2, 0.25) is 5.02 Å². The molecule has 0 radical (unpaired) electrons. The lowest BCUT2D eigenvalue weighted by Crippen LogP contribution is -2.31. The second-order valence-corrected chi connectivity index (χ2v) is 5.56. The molecule has 0 saturated heterocycles. The zero-order valence-electron chi connectivity index (χ0n) is 11.8. The first-order valence-electron chi connectivity index (χ1n) is 6.93. The smallest absolute Gasteiger partial charge is 0.179 e. The van der Waals surface area contributed by atoms with Crippen LogP contribution >= 0.6 is 11.6 Å². The van der Waals surface area contributed by atoms with Crippen molar-refractivity contribution in [3.8, 4) is 11.5 Å². The molecule has 1 aliphatic rings. The Morgan fingerprint density at radius 2 is 2.00 bits per heavy atom. The van der Waals surface area contributed by atoms with Crippen molar-refractivity contribution in [3.05, 3.63) is 22.7 Å². The molecule has 19 heavy (non-hydrogen) atoms. The average molecular weight is 284 g/mol. The van der Waals surface area contributed by atoms with Gasteiger partial charge in [0, 0.05) is 12.6 Å². The number of hydrogen-bond acceptors (Lipinski definition) is 3. The topological polar surface area (TPSA) is 30.5 Å². The van der Waals surface area contributed by atoms with E-state index in [0.29, 0.717) is 35.9 Å². The monoisotopic (exact) mass is 283 g/mol. The van der Waals surface area contributed by atoms with E-state index in [1.54, 1.807) is 0 Å². The van der Waals surface area contributed by atoms with Gasteiger partial charge in [-0.2, -0.15) is 0 Å². The fourth-order valence-electron chi connectivity index (χ4n) is 2.10. The third-order valence-electron chi connectivity index (χ3n) is 3.78. The van der Waals surface area contributed by atoms with Gasteiger partial charge >= 0.3 is 0 Å². The highest BCUT2D eigenvalue weighted by atomic mass is 35.5. The Labute approximate surface area is 120 Å². The first-order valence-corrected chi connectivity index (χ1v) is 7.31. The van der Waals surface area contributed by atoms with Gasteiger partial charge in [-0.1, -0.05) is 31.9 Å². The lowest BCUT2D eigenvalue weighted by atomic mass is 10.0. The van der Waals surface area contributed by atoms with Gasteiger partial charge in [-0.05, 0) is 30.5 Å². The zero-order valence-corrected chi connectivity index (χ0v) is 12.6. The lowest BCUT2D eigenvalue weighted by Gasteiger charge is -2.22. The number of hydrogen-bond donors (Lipinski definition) is 1. The summed E-state index contributed by atoms with van der Waals surface area (Å²) >= 11 is 6.22. The van der Waals surface area contributed by atoms with Crippen LogP contribution in [0.3, 0.4) is 0 Å². The van der Waals surface area contributed by atoms with Crippen molar-refractivity contribution in [2.75, 3.05) is 13.2 Å². The predicted molar refractivity (Wildman–Crippen MR) is 78.2 cm³/mol. The van der Waals surface area contributed by atoms with Crippen molar-refractivity contribution < 1.29 is 9.47 Å². The summed E-state index contributed by atoms with van der Waals surface area (Å²) in [6, 6.07) is 4.44. The van der Waals surface area contributed by atoms with Crippen molar-refractivity contribution in [3.63, 3.8) is 0 Å². The van der Waals surface area contributed by atoms with Crippen molar-refractivity contribution >= 4 is 11.6 Å². The van der Waals surface area contributed by atoms with E-state index in [9.17, 15) is 0 Å². The molecule has 0 fully saturated rings. The van der Waals surface area contributed by atoms with E-state index < -0.39 is 0 Å². The highest BCUT2D eigenvalue weighted by Crippen LogP contribution is 2.38. The minimum Gasteiger partial charge on any atom is -0.486 e. The second-order valence-electron chi connectivity index (χ2n) is 5.16. The predicted octanol–water partition coefficient (Wildman–Crippen LogP) is 3.64. The van der Waals surface area contributed by atoms with Gasteiger partial charge in [0.05, 0.1) is 5.02 Å². The van der Waals surface area contributed by atoms with Crippen LogP contribution in [0.15, 0.2) is 12.1 Å². The van der Waals surface area contributed by atoms with E-state index in [4.69, 9.17) is 21.1 Å². The Kier molecular flexibility index (Phi) is 4.94. The standard InChI is InChI=1S/C15H22ClNO2/c1-4-10(2)11(3)17-9-12-7-13(16)15-14(8-12)18-5-6-19-15/h7-8,10-11,17H,4-6,9H2,1-3H3. The summed E-state index contributed by atoms with van der Waals surface area (Å²) in [5.74, 6) is 2.09. The quantitative estimate of drug-likeness (QED) is 0.895. The van der Waals surface area contributed by atoms with Crippen molar-refractivity contribution in [1.29, 1.82) is 0 Å². The molecule has 1 N–H and O–H groups in total. The third kappa shape index (κ3) is 3.54. The molecule has 1 aromatic rings. The zero-order chi connectivity index (χ0) is 13.8. The lowest BCUT2D eigenvalue weighted by molar-refractivity contribution is 0.171. The fraction of sp³-hybridized carbons (Fsp3) is 0.600. The third-order valence-corrected chi connectivity index (χ3v) is 4.06.